The van der Waals surface area contributed by atoms with Crippen molar-refractivity contribution in [1.29, 1.82) is 0 Å². The van der Waals surface area contributed by atoms with Gasteiger partial charge in [0.2, 0.25) is 6.79 Å². The van der Waals surface area contributed by atoms with Crippen molar-refractivity contribution in [3.63, 3.8) is 0 Å². The molecule has 1 saturated heterocycles. The molecule has 2 aliphatic heterocycles. The summed E-state index contributed by atoms with van der Waals surface area (Å²) in [4.78, 5) is 2.28. The first-order valence-corrected chi connectivity index (χ1v) is 8.30. The minimum Gasteiger partial charge on any atom is -0.454 e. The van der Waals surface area contributed by atoms with Crippen molar-refractivity contribution in [2.24, 2.45) is 5.92 Å². The summed E-state index contributed by atoms with van der Waals surface area (Å²) in [6, 6.07) is 6.02. The van der Waals surface area contributed by atoms with Crippen LogP contribution in [0.3, 0.4) is 0 Å². The number of β-amino-alcohol motifs (C(OH)–C–C–N with tert-alkyl or cyclic N) is 1. The first kappa shape index (κ1) is 15.5. The molecule has 6 heteroatoms. The van der Waals surface area contributed by atoms with Crippen LogP contribution in [0.5, 0.6) is 11.5 Å². The van der Waals surface area contributed by atoms with Crippen molar-refractivity contribution in [1.82, 2.24) is 10.1 Å². The van der Waals surface area contributed by atoms with E-state index in [-0.39, 0.29) is 12.0 Å². The molecule has 0 radical (unpaired) electrons. The third-order valence-electron chi connectivity index (χ3n) is 4.85. The van der Waals surface area contributed by atoms with Gasteiger partial charge in [-0.1, -0.05) is 5.16 Å². The lowest BCUT2D eigenvalue weighted by molar-refractivity contribution is 0.137. The number of aliphatic hydroxyl groups is 1. The molecule has 24 heavy (non-hydrogen) atoms. The van der Waals surface area contributed by atoms with Crippen LogP contribution in [0.4, 0.5) is 0 Å². The molecular formula is C18H22N2O4. The van der Waals surface area contributed by atoms with Gasteiger partial charge in [0.25, 0.3) is 0 Å². The zero-order valence-electron chi connectivity index (χ0n) is 14.0. The topological polar surface area (TPSA) is 68.0 Å². The molecule has 1 N–H and O–H groups in total. The number of aryl methyl sites for hydroxylation is 2. The lowest BCUT2D eigenvalue weighted by Gasteiger charge is -2.17. The second-order valence-electron chi connectivity index (χ2n) is 6.79. The van der Waals surface area contributed by atoms with E-state index in [1.807, 2.05) is 19.1 Å². The van der Waals surface area contributed by atoms with Crippen LogP contribution >= 0.6 is 0 Å². The first-order valence-electron chi connectivity index (χ1n) is 8.30. The van der Waals surface area contributed by atoms with E-state index < -0.39 is 0 Å². The summed E-state index contributed by atoms with van der Waals surface area (Å²) in [5, 5.41) is 14.3. The molecule has 128 valence electrons. The van der Waals surface area contributed by atoms with Crippen molar-refractivity contribution in [2.75, 3.05) is 19.9 Å². The van der Waals surface area contributed by atoms with Crippen LogP contribution in [0.2, 0.25) is 0 Å². The van der Waals surface area contributed by atoms with E-state index in [2.05, 4.69) is 23.0 Å². The molecule has 0 spiro atoms. The molecule has 2 aromatic rings. The molecule has 6 nitrogen and oxygen atoms in total. The van der Waals surface area contributed by atoms with Gasteiger partial charge in [-0.3, -0.25) is 4.90 Å². The van der Waals surface area contributed by atoms with E-state index in [9.17, 15) is 5.11 Å². The molecule has 1 aromatic carbocycles. The highest BCUT2D eigenvalue weighted by molar-refractivity contribution is 5.48. The van der Waals surface area contributed by atoms with Gasteiger partial charge in [0.1, 0.15) is 5.76 Å². The van der Waals surface area contributed by atoms with Gasteiger partial charge in [-0.15, -0.1) is 0 Å². The molecule has 0 bridgehead atoms. The Bertz CT molecular complexity index is 743. The average Bonchev–Trinajstić information content (AvgIpc) is 3.22. The van der Waals surface area contributed by atoms with Crippen molar-refractivity contribution in [3.05, 3.63) is 40.8 Å². The van der Waals surface area contributed by atoms with E-state index in [1.54, 1.807) is 0 Å². The van der Waals surface area contributed by atoms with E-state index in [1.165, 1.54) is 11.1 Å². The summed E-state index contributed by atoms with van der Waals surface area (Å²) in [7, 11) is 0. The third kappa shape index (κ3) is 2.99. The standard InChI is InChI=1S/C18H22N2O4/c1-11-3-17-18(23-10-22-17)6-13(11)7-20-8-14(16(21)9-20)5-15-4-12(2)19-24-15/h3-4,6,14,16,21H,5,7-10H2,1-2H3/t14-,16+/m1/s1. The zero-order chi connectivity index (χ0) is 16.7. The van der Waals surface area contributed by atoms with Gasteiger partial charge in [0.05, 0.1) is 11.8 Å². The molecule has 0 aliphatic carbocycles. The molecular weight excluding hydrogens is 308 g/mol. The van der Waals surface area contributed by atoms with Crippen molar-refractivity contribution in [3.8, 4) is 11.5 Å². The summed E-state index contributed by atoms with van der Waals surface area (Å²) >= 11 is 0. The summed E-state index contributed by atoms with van der Waals surface area (Å²) in [5.74, 6) is 2.64. The van der Waals surface area contributed by atoms with Crippen LogP contribution in [0.15, 0.2) is 22.7 Å². The number of hydrogen-bond donors (Lipinski definition) is 1. The molecule has 1 fully saturated rings. The number of benzene rings is 1. The van der Waals surface area contributed by atoms with Gasteiger partial charge in [-0.25, -0.2) is 0 Å². The molecule has 4 rings (SSSR count). The van der Waals surface area contributed by atoms with Crippen molar-refractivity contribution >= 4 is 0 Å². The Morgan fingerprint density at radius 1 is 1.17 bits per heavy atom. The Morgan fingerprint density at radius 2 is 1.96 bits per heavy atom. The lowest BCUT2D eigenvalue weighted by Crippen LogP contribution is -2.21. The molecule has 3 heterocycles. The predicted octanol–water partition coefficient (Wildman–Crippen LogP) is 2.06. The van der Waals surface area contributed by atoms with Crippen LogP contribution in [-0.2, 0) is 13.0 Å². The molecule has 0 unspecified atom stereocenters. The number of fused-ring (bicyclic) bond motifs is 1. The fraction of sp³-hybridized carbons (Fsp3) is 0.500. The van der Waals surface area contributed by atoms with Crippen LogP contribution < -0.4 is 9.47 Å². The SMILES string of the molecule is Cc1cc(C[C@@H]2CN(Cc3cc4c(cc3C)OCO4)C[C@@H]2O)on1. The fourth-order valence-corrected chi connectivity index (χ4v) is 3.54. The normalized spacial score (nSPS) is 23.1. The summed E-state index contributed by atoms with van der Waals surface area (Å²) in [5.41, 5.74) is 3.27. The largest absolute Gasteiger partial charge is 0.454 e. The minimum atomic E-state index is -0.343. The summed E-state index contributed by atoms with van der Waals surface area (Å²) in [6.07, 6.45) is 0.378. The summed E-state index contributed by atoms with van der Waals surface area (Å²) < 4.78 is 16.2. The van der Waals surface area contributed by atoms with Crippen LogP contribution in [-0.4, -0.2) is 41.1 Å². The van der Waals surface area contributed by atoms with Gasteiger partial charge < -0.3 is 19.1 Å². The van der Waals surface area contributed by atoms with E-state index >= 15 is 0 Å². The van der Waals surface area contributed by atoms with Gasteiger partial charge in [-0.2, -0.15) is 0 Å². The Hall–Kier alpha value is -2.05. The fourth-order valence-electron chi connectivity index (χ4n) is 3.54. The highest BCUT2D eigenvalue weighted by Gasteiger charge is 2.32. The highest BCUT2D eigenvalue weighted by Crippen LogP contribution is 2.35. The Kier molecular flexibility index (Phi) is 3.94. The number of aliphatic hydroxyl groups excluding tert-OH is 1. The minimum absolute atomic E-state index is 0.173. The van der Waals surface area contributed by atoms with Gasteiger partial charge in [-0.05, 0) is 37.1 Å². The van der Waals surface area contributed by atoms with Gasteiger partial charge in [0, 0.05) is 38.0 Å². The number of hydrogen-bond acceptors (Lipinski definition) is 6. The van der Waals surface area contributed by atoms with E-state index in [4.69, 9.17) is 14.0 Å². The zero-order valence-corrected chi connectivity index (χ0v) is 14.0. The van der Waals surface area contributed by atoms with E-state index in [0.29, 0.717) is 13.3 Å². The maximum Gasteiger partial charge on any atom is 0.231 e. The molecule has 0 amide bonds. The molecule has 0 saturated carbocycles. The number of aromatic nitrogens is 1. The third-order valence-corrected chi connectivity index (χ3v) is 4.85. The second kappa shape index (κ2) is 6.11. The molecule has 1 aromatic heterocycles. The Balaban J connectivity index is 1.43. The van der Waals surface area contributed by atoms with Crippen molar-refractivity contribution in [2.45, 2.75) is 32.9 Å². The maximum absolute atomic E-state index is 10.4. The average molecular weight is 330 g/mol. The number of rotatable bonds is 4. The monoisotopic (exact) mass is 330 g/mol. The highest BCUT2D eigenvalue weighted by atomic mass is 16.7. The van der Waals surface area contributed by atoms with Gasteiger partial charge in [0.15, 0.2) is 11.5 Å². The van der Waals surface area contributed by atoms with Gasteiger partial charge >= 0.3 is 0 Å². The number of nitrogens with zero attached hydrogens (tertiary/aromatic N) is 2. The molecule has 2 aliphatic rings. The number of likely N-dealkylation sites (tertiary alicyclic amines) is 1. The quantitative estimate of drug-likeness (QED) is 0.925. The van der Waals surface area contributed by atoms with Crippen LogP contribution in [0.1, 0.15) is 22.6 Å². The predicted molar refractivity (Wildman–Crippen MR) is 87.0 cm³/mol. The second-order valence-corrected chi connectivity index (χ2v) is 6.79. The van der Waals surface area contributed by atoms with E-state index in [0.717, 1.165) is 42.5 Å². The number of ether oxygens (including phenoxy) is 2. The first-order chi connectivity index (χ1) is 11.6. The Morgan fingerprint density at radius 3 is 2.71 bits per heavy atom. The smallest absolute Gasteiger partial charge is 0.231 e. The van der Waals surface area contributed by atoms with Crippen LogP contribution in [0, 0.1) is 19.8 Å². The maximum atomic E-state index is 10.4. The Labute approximate surface area is 141 Å². The summed E-state index contributed by atoms with van der Waals surface area (Å²) in [6.45, 7) is 6.59. The molecule has 2 atom stereocenters. The van der Waals surface area contributed by atoms with Crippen molar-refractivity contribution < 1.29 is 19.1 Å². The lowest BCUT2D eigenvalue weighted by atomic mass is 10.0. The van der Waals surface area contributed by atoms with Crippen LogP contribution in [0.25, 0.3) is 0 Å².